The Hall–Kier alpha value is -0.905. The first-order chi connectivity index (χ1) is 11.0. The van der Waals surface area contributed by atoms with Crippen LogP contribution in [0.4, 0.5) is 4.39 Å². The van der Waals surface area contributed by atoms with Gasteiger partial charge in [-0.15, -0.1) is 0 Å². The highest BCUT2D eigenvalue weighted by Crippen LogP contribution is 2.40. The van der Waals surface area contributed by atoms with Gasteiger partial charge >= 0.3 is 7.12 Å². The summed E-state index contributed by atoms with van der Waals surface area (Å²) in [5, 5.41) is 18.2. The van der Waals surface area contributed by atoms with E-state index in [9.17, 15) is 4.39 Å². The average molecular weight is 320 g/mol. The Morgan fingerprint density at radius 1 is 1.04 bits per heavy atom. The van der Waals surface area contributed by atoms with Crippen LogP contribution in [0.2, 0.25) is 0 Å². The summed E-state index contributed by atoms with van der Waals surface area (Å²) in [4.78, 5) is 0. The zero-order chi connectivity index (χ0) is 16.4. The van der Waals surface area contributed by atoms with E-state index in [0.29, 0.717) is 5.92 Å². The van der Waals surface area contributed by atoms with Crippen LogP contribution in [-0.4, -0.2) is 23.8 Å². The van der Waals surface area contributed by atoms with Gasteiger partial charge < -0.3 is 14.8 Å². The zero-order valence-electron chi connectivity index (χ0n) is 13.7. The Morgan fingerprint density at radius 2 is 1.74 bits per heavy atom. The van der Waals surface area contributed by atoms with Crippen molar-refractivity contribution in [2.75, 3.05) is 6.61 Å². The lowest BCUT2D eigenvalue weighted by Crippen LogP contribution is -2.33. The monoisotopic (exact) mass is 320 g/mol. The first-order valence-corrected chi connectivity index (χ1v) is 8.81. The standard InChI is InChI=1S/C18H26BFO3/c1-12-2-4-13(5-3-12)15-7-9-18(23-11-15)14-6-8-16(19(21)22)17(20)10-14/h6,8,10,12-13,15,18,21-22H,2-5,7,9,11H2,1H3. The first-order valence-electron chi connectivity index (χ1n) is 8.81. The van der Waals surface area contributed by atoms with Crippen LogP contribution in [0.3, 0.4) is 0 Å². The van der Waals surface area contributed by atoms with Gasteiger partial charge in [0.15, 0.2) is 0 Å². The summed E-state index contributed by atoms with van der Waals surface area (Å²) in [6.45, 7) is 3.10. The van der Waals surface area contributed by atoms with E-state index in [0.717, 1.165) is 36.8 Å². The molecule has 2 unspecified atom stereocenters. The number of halogens is 1. The van der Waals surface area contributed by atoms with Crippen molar-refractivity contribution in [3.63, 3.8) is 0 Å². The van der Waals surface area contributed by atoms with Crippen molar-refractivity contribution in [3.05, 3.63) is 29.6 Å². The molecular weight excluding hydrogens is 294 g/mol. The van der Waals surface area contributed by atoms with Crippen LogP contribution < -0.4 is 5.46 Å². The molecule has 126 valence electrons. The summed E-state index contributed by atoms with van der Waals surface area (Å²) in [6.07, 6.45) is 7.27. The first kappa shape index (κ1) is 16.9. The number of benzene rings is 1. The van der Waals surface area contributed by atoms with Crippen molar-refractivity contribution in [2.45, 2.75) is 51.6 Å². The maximum absolute atomic E-state index is 13.9. The summed E-state index contributed by atoms with van der Waals surface area (Å²) in [6, 6.07) is 4.56. The second-order valence-electron chi connectivity index (χ2n) is 7.33. The van der Waals surface area contributed by atoms with Crippen LogP contribution in [0.1, 0.15) is 57.1 Å². The molecule has 1 saturated heterocycles. The van der Waals surface area contributed by atoms with Crippen molar-refractivity contribution in [1.82, 2.24) is 0 Å². The molecule has 2 atom stereocenters. The Morgan fingerprint density at radius 3 is 2.30 bits per heavy atom. The molecule has 0 spiro atoms. The third kappa shape index (κ3) is 3.96. The fourth-order valence-electron chi connectivity index (χ4n) is 4.12. The van der Waals surface area contributed by atoms with Crippen LogP contribution in [-0.2, 0) is 4.74 Å². The molecule has 2 aliphatic rings. The fourth-order valence-corrected chi connectivity index (χ4v) is 4.12. The molecule has 23 heavy (non-hydrogen) atoms. The molecule has 1 aromatic carbocycles. The van der Waals surface area contributed by atoms with Crippen molar-refractivity contribution in [1.29, 1.82) is 0 Å². The third-order valence-electron chi connectivity index (χ3n) is 5.71. The van der Waals surface area contributed by atoms with E-state index >= 15 is 0 Å². The van der Waals surface area contributed by atoms with E-state index in [4.69, 9.17) is 14.8 Å². The molecule has 3 nitrogen and oxygen atoms in total. The van der Waals surface area contributed by atoms with Crippen molar-refractivity contribution < 1.29 is 19.2 Å². The minimum atomic E-state index is -1.77. The van der Waals surface area contributed by atoms with Crippen LogP contribution in [0.15, 0.2) is 18.2 Å². The molecule has 5 heteroatoms. The maximum Gasteiger partial charge on any atom is 0.491 e. The quantitative estimate of drug-likeness (QED) is 0.842. The van der Waals surface area contributed by atoms with Gasteiger partial charge in [0.05, 0.1) is 12.7 Å². The molecule has 0 amide bonds. The van der Waals surface area contributed by atoms with Crippen molar-refractivity contribution in [2.24, 2.45) is 17.8 Å². The summed E-state index contributed by atoms with van der Waals surface area (Å²) in [7, 11) is -1.77. The topological polar surface area (TPSA) is 49.7 Å². The highest BCUT2D eigenvalue weighted by Gasteiger charge is 2.31. The van der Waals surface area contributed by atoms with Gasteiger partial charge in [-0.3, -0.25) is 0 Å². The van der Waals surface area contributed by atoms with Crippen molar-refractivity contribution in [3.8, 4) is 0 Å². The molecule has 0 bridgehead atoms. The Kier molecular flexibility index (Phi) is 5.40. The lowest BCUT2D eigenvalue weighted by Gasteiger charge is -2.37. The average Bonchev–Trinajstić information content (AvgIpc) is 2.55. The normalized spacial score (nSPS) is 31.8. The second-order valence-corrected chi connectivity index (χ2v) is 7.33. The molecule has 0 aromatic heterocycles. The summed E-state index contributed by atoms with van der Waals surface area (Å²) >= 11 is 0. The van der Waals surface area contributed by atoms with E-state index in [1.54, 1.807) is 6.07 Å². The summed E-state index contributed by atoms with van der Waals surface area (Å²) in [5.41, 5.74) is 0.710. The molecule has 2 fully saturated rings. The van der Waals surface area contributed by atoms with E-state index in [1.165, 1.54) is 37.8 Å². The SMILES string of the molecule is CC1CCC(C2CCC(c3ccc(B(O)O)c(F)c3)OC2)CC1. The zero-order valence-corrected chi connectivity index (χ0v) is 13.7. The third-order valence-corrected chi connectivity index (χ3v) is 5.71. The Bertz CT molecular complexity index is 521. The Balaban J connectivity index is 1.57. The minimum Gasteiger partial charge on any atom is -0.423 e. The highest BCUT2D eigenvalue weighted by atomic mass is 19.1. The van der Waals surface area contributed by atoms with Crippen LogP contribution in [0, 0.1) is 23.6 Å². The van der Waals surface area contributed by atoms with Gasteiger partial charge in [0.1, 0.15) is 5.82 Å². The van der Waals surface area contributed by atoms with E-state index in [1.807, 2.05) is 0 Å². The molecule has 1 heterocycles. The smallest absolute Gasteiger partial charge is 0.423 e. The van der Waals surface area contributed by atoms with Gasteiger partial charge in [0, 0.05) is 5.46 Å². The number of rotatable bonds is 3. The van der Waals surface area contributed by atoms with Gasteiger partial charge in [-0.1, -0.05) is 31.9 Å². The largest absolute Gasteiger partial charge is 0.491 e. The van der Waals surface area contributed by atoms with Crippen molar-refractivity contribution >= 4 is 12.6 Å². The molecular formula is C18H26BFO3. The summed E-state index contributed by atoms with van der Waals surface area (Å²) < 4.78 is 19.9. The fraction of sp³-hybridized carbons (Fsp3) is 0.667. The van der Waals surface area contributed by atoms with Gasteiger partial charge in [0.25, 0.3) is 0 Å². The second kappa shape index (κ2) is 7.33. The lowest BCUT2D eigenvalue weighted by atomic mass is 9.74. The van der Waals surface area contributed by atoms with E-state index in [-0.39, 0.29) is 11.6 Å². The van der Waals surface area contributed by atoms with Gasteiger partial charge in [0.2, 0.25) is 0 Å². The predicted octanol–water partition coefficient (Wildman–Crippen LogP) is 2.80. The summed E-state index contributed by atoms with van der Waals surface area (Å²) in [5.74, 6) is 1.72. The minimum absolute atomic E-state index is 0.0758. The predicted molar refractivity (Wildman–Crippen MR) is 88.8 cm³/mol. The molecule has 1 saturated carbocycles. The highest BCUT2D eigenvalue weighted by molar-refractivity contribution is 6.58. The number of hydrogen-bond acceptors (Lipinski definition) is 3. The van der Waals surface area contributed by atoms with Crippen LogP contribution in [0.5, 0.6) is 0 Å². The lowest BCUT2D eigenvalue weighted by molar-refractivity contribution is -0.0401. The van der Waals surface area contributed by atoms with Crippen LogP contribution in [0.25, 0.3) is 0 Å². The molecule has 1 aliphatic carbocycles. The Labute approximate surface area is 138 Å². The van der Waals surface area contributed by atoms with Crippen LogP contribution >= 0.6 is 0 Å². The van der Waals surface area contributed by atoms with Gasteiger partial charge in [-0.05, 0) is 55.1 Å². The van der Waals surface area contributed by atoms with Gasteiger partial charge in [-0.2, -0.15) is 0 Å². The molecule has 3 rings (SSSR count). The molecule has 1 aromatic rings. The van der Waals surface area contributed by atoms with Gasteiger partial charge in [-0.25, -0.2) is 4.39 Å². The molecule has 2 N–H and O–H groups in total. The number of hydrogen-bond donors (Lipinski definition) is 2. The van der Waals surface area contributed by atoms with E-state index in [2.05, 4.69) is 6.92 Å². The maximum atomic E-state index is 13.9. The molecule has 1 aliphatic heterocycles. The van der Waals surface area contributed by atoms with E-state index < -0.39 is 12.9 Å². The number of ether oxygens (including phenoxy) is 1. The molecule has 0 radical (unpaired) electrons.